The van der Waals surface area contributed by atoms with Crippen molar-refractivity contribution in [1.29, 1.82) is 0 Å². The molecule has 0 aliphatic carbocycles. The Bertz CT molecular complexity index is 2820. The van der Waals surface area contributed by atoms with Crippen LogP contribution in [0.2, 0.25) is 0 Å². The fourth-order valence-corrected chi connectivity index (χ4v) is 8.73. The summed E-state index contributed by atoms with van der Waals surface area (Å²) < 4.78 is 2.20. The van der Waals surface area contributed by atoms with Gasteiger partial charge in [-0.1, -0.05) is 65.7 Å². The van der Waals surface area contributed by atoms with Crippen LogP contribution in [0, 0.1) is 18.8 Å². The molecule has 0 spiro atoms. The largest absolute Gasteiger partial charge is 0.488 e. The number of thiophene rings is 2. The molecule has 0 bridgehead atoms. The quantitative estimate of drug-likeness (QED) is 0.156. The summed E-state index contributed by atoms with van der Waals surface area (Å²) in [5.41, 5.74) is 24.9. The third kappa shape index (κ3) is 6.13. The van der Waals surface area contributed by atoms with E-state index in [2.05, 4.69) is 147 Å². The van der Waals surface area contributed by atoms with Crippen LogP contribution >= 0.6 is 22.7 Å². The Hall–Kier alpha value is -5.92. The molecule has 1 aliphatic rings. The van der Waals surface area contributed by atoms with E-state index in [9.17, 15) is 0 Å². The van der Waals surface area contributed by atoms with Gasteiger partial charge in [0.15, 0.2) is 0 Å². The molecule has 9 aromatic rings. The fraction of sp³-hybridized carbons (Fsp3) is 0. The average molecular weight is 927 g/mol. The van der Waals surface area contributed by atoms with Gasteiger partial charge in [-0.3, -0.25) is 0 Å². The Morgan fingerprint density at radius 2 is 1.27 bits per heavy atom. The van der Waals surface area contributed by atoms with Gasteiger partial charge in [0.1, 0.15) is 5.82 Å². The molecule has 5 aromatic carbocycles. The molecule has 4 aromatic heterocycles. The second-order valence-electron chi connectivity index (χ2n) is 13.0. The zero-order valence-electron chi connectivity index (χ0n) is 29.2. The van der Waals surface area contributed by atoms with Gasteiger partial charge in [-0.25, -0.2) is 4.98 Å². The minimum Gasteiger partial charge on any atom is -0.488 e. The molecule has 10 rings (SSSR count). The number of hydrogen-bond donors (Lipinski definition) is 2. The maximum Gasteiger partial charge on any atom is 0.136 e. The summed E-state index contributed by atoms with van der Waals surface area (Å²) in [7, 11) is 0. The second-order valence-corrected chi connectivity index (χ2v) is 14.9. The van der Waals surface area contributed by atoms with Gasteiger partial charge in [0, 0.05) is 49.8 Å². The van der Waals surface area contributed by atoms with Gasteiger partial charge < -0.3 is 25.8 Å². The standard InChI is InChI=1S/C46H31N6S2.Pt/c47-42-25-32(27-53-42)46(33-26-43(48)54-28-33)45(31-20-21-37-36-15-4-5-16-38(36)52(41(37)24-31)44-19-8-9-22-49-44)30-11-10-14-35(23-30)51-29-50(34-12-2-1-3-13-34)39-17-6-7-18-40(39)51;/h1-22,25-29H,47-48H2;/q-3;. The first kappa shape index (κ1) is 34.8. The molecule has 4 N–H and O–H groups in total. The minimum absolute atomic E-state index is 0. The molecular formula is C46H31N6PtS2-3. The molecule has 0 amide bonds. The summed E-state index contributed by atoms with van der Waals surface area (Å²) in [4.78, 5) is 9.21. The number of nitrogen functional groups attached to an aromatic ring is 2. The van der Waals surface area contributed by atoms with Crippen LogP contribution in [0.25, 0.3) is 38.8 Å². The Morgan fingerprint density at radius 1 is 0.600 bits per heavy atom. The number of para-hydroxylation sites is 4. The smallest absolute Gasteiger partial charge is 0.136 e. The van der Waals surface area contributed by atoms with E-state index in [0.29, 0.717) is 0 Å². The Kier molecular flexibility index (Phi) is 9.11. The average Bonchev–Trinajstić information content (AvgIpc) is 4.02. The molecule has 0 saturated heterocycles. The molecule has 6 nitrogen and oxygen atoms in total. The fourth-order valence-electron chi connectivity index (χ4n) is 7.44. The molecule has 1 aliphatic heterocycles. The Balaban J connectivity index is 0.00000397. The summed E-state index contributed by atoms with van der Waals surface area (Å²) >= 11 is 3.05. The molecule has 55 heavy (non-hydrogen) atoms. The molecule has 0 atom stereocenters. The van der Waals surface area contributed by atoms with Crippen molar-refractivity contribution in [3.05, 3.63) is 198 Å². The summed E-state index contributed by atoms with van der Waals surface area (Å²) in [6.45, 7) is 2.14. The van der Waals surface area contributed by atoms with Gasteiger partial charge in [0.2, 0.25) is 0 Å². The van der Waals surface area contributed by atoms with E-state index in [4.69, 9.17) is 16.5 Å². The van der Waals surface area contributed by atoms with Crippen LogP contribution in [-0.2, 0) is 21.1 Å². The van der Waals surface area contributed by atoms with Crippen molar-refractivity contribution in [3.8, 4) is 5.82 Å². The van der Waals surface area contributed by atoms with Crippen molar-refractivity contribution >= 4 is 88.4 Å². The van der Waals surface area contributed by atoms with Crippen LogP contribution in [0.1, 0.15) is 22.3 Å². The first-order chi connectivity index (χ1) is 26.6. The number of hydrogen-bond acceptors (Lipinski definition) is 7. The van der Waals surface area contributed by atoms with E-state index in [-0.39, 0.29) is 21.1 Å². The van der Waals surface area contributed by atoms with Crippen molar-refractivity contribution in [2.24, 2.45) is 0 Å². The zero-order chi connectivity index (χ0) is 36.2. The van der Waals surface area contributed by atoms with E-state index in [0.717, 1.165) is 93.8 Å². The van der Waals surface area contributed by atoms with Crippen molar-refractivity contribution < 1.29 is 21.1 Å². The summed E-state index contributed by atoms with van der Waals surface area (Å²) in [5.74, 6) is 0.832. The van der Waals surface area contributed by atoms with Gasteiger partial charge >= 0.3 is 0 Å². The van der Waals surface area contributed by atoms with Crippen LogP contribution in [0.5, 0.6) is 0 Å². The maximum absolute atomic E-state index is 6.42. The van der Waals surface area contributed by atoms with Gasteiger partial charge in [0.25, 0.3) is 0 Å². The Labute approximate surface area is 341 Å². The molecule has 0 unspecified atom stereocenters. The number of aromatic nitrogens is 2. The minimum atomic E-state index is 0. The summed E-state index contributed by atoms with van der Waals surface area (Å²) in [5, 5.41) is 7.95. The number of nitrogens with two attached hydrogens (primary N) is 2. The Morgan fingerprint density at radius 3 is 1.98 bits per heavy atom. The number of fused-ring (bicyclic) bond motifs is 4. The molecule has 0 fully saturated rings. The predicted octanol–water partition coefficient (Wildman–Crippen LogP) is 11.5. The van der Waals surface area contributed by atoms with Crippen LogP contribution in [-0.4, -0.2) is 9.55 Å². The van der Waals surface area contributed by atoms with E-state index < -0.39 is 0 Å². The SMILES string of the molecule is Nc1cc(C(=C(c2[c-]c(N3[CH-]N(c4ccccc4)c4ccccc43)ccc2)c2[c-]c3c(cc2)c2ccccc2n3-c2ccccn2)c2csc(N)c2)cs1.[Pt]. The van der Waals surface area contributed by atoms with E-state index in [1.54, 1.807) is 0 Å². The second kappa shape index (κ2) is 14.4. The van der Waals surface area contributed by atoms with Crippen molar-refractivity contribution in [2.75, 3.05) is 21.3 Å². The number of pyridine rings is 1. The van der Waals surface area contributed by atoms with E-state index >= 15 is 0 Å². The van der Waals surface area contributed by atoms with Gasteiger partial charge in [-0.15, -0.1) is 88.5 Å². The normalized spacial score (nSPS) is 12.2. The molecule has 5 heterocycles. The van der Waals surface area contributed by atoms with Crippen molar-refractivity contribution in [1.82, 2.24) is 9.55 Å². The summed E-state index contributed by atoms with van der Waals surface area (Å²) in [6.07, 6.45) is 1.83. The van der Waals surface area contributed by atoms with Gasteiger partial charge in [0.05, 0.1) is 10.0 Å². The number of benzene rings is 5. The van der Waals surface area contributed by atoms with Crippen molar-refractivity contribution in [3.63, 3.8) is 0 Å². The first-order valence-electron chi connectivity index (χ1n) is 17.5. The third-order valence-electron chi connectivity index (χ3n) is 9.77. The first-order valence-corrected chi connectivity index (χ1v) is 19.3. The number of nitrogens with zero attached hydrogens (tertiary/aromatic N) is 4. The molecule has 0 radical (unpaired) electrons. The molecular weight excluding hydrogens is 896 g/mol. The molecule has 0 saturated carbocycles. The molecule has 9 heteroatoms. The van der Waals surface area contributed by atoms with E-state index in [1.807, 2.05) is 42.6 Å². The predicted molar refractivity (Wildman–Crippen MR) is 227 cm³/mol. The van der Waals surface area contributed by atoms with Gasteiger partial charge in [-0.05, 0) is 93.0 Å². The summed E-state index contributed by atoms with van der Waals surface area (Å²) in [6, 6.07) is 55.9. The van der Waals surface area contributed by atoms with Crippen LogP contribution in [0.15, 0.2) is 156 Å². The van der Waals surface area contributed by atoms with Crippen LogP contribution in [0.4, 0.5) is 32.8 Å². The number of anilines is 6. The third-order valence-corrected chi connectivity index (χ3v) is 11.3. The maximum atomic E-state index is 6.42. The van der Waals surface area contributed by atoms with Crippen LogP contribution in [0.3, 0.4) is 0 Å². The van der Waals surface area contributed by atoms with Gasteiger partial charge in [-0.2, -0.15) is 0 Å². The molecule has 270 valence electrons. The van der Waals surface area contributed by atoms with Crippen LogP contribution < -0.4 is 21.3 Å². The topological polar surface area (TPSA) is 76.3 Å². The van der Waals surface area contributed by atoms with E-state index in [1.165, 1.54) is 22.7 Å². The van der Waals surface area contributed by atoms with Crippen molar-refractivity contribution in [2.45, 2.75) is 0 Å². The zero-order valence-corrected chi connectivity index (χ0v) is 33.1. The monoisotopic (exact) mass is 926 g/mol. The number of rotatable bonds is 7.